The number of amides is 3. The second-order valence-corrected chi connectivity index (χ2v) is 8.23. The number of carbonyl (C=O) groups excluding carboxylic acids is 2. The highest BCUT2D eigenvalue weighted by atomic mass is 35.5. The van der Waals surface area contributed by atoms with Gasteiger partial charge in [0.25, 0.3) is 5.91 Å². The molecule has 0 spiro atoms. The van der Waals surface area contributed by atoms with Crippen LogP contribution in [0.3, 0.4) is 0 Å². The number of piperidine rings is 1. The predicted octanol–water partition coefficient (Wildman–Crippen LogP) is 4.52. The zero-order valence-electron chi connectivity index (χ0n) is 15.6. The highest BCUT2D eigenvalue weighted by Crippen LogP contribution is 2.37. The predicted molar refractivity (Wildman–Crippen MR) is 105 cm³/mol. The van der Waals surface area contributed by atoms with E-state index in [4.69, 9.17) is 11.6 Å². The molecule has 5 nitrogen and oxygen atoms in total. The molecule has 2 atom stereocenters. The molecule has 2 fully saturated rings. The van der Waals surface area contributed by atoms with Crippen molar-refractivity contribution in [2.75, 3.05) is 18.4 Å². The lowest BCUT2D eigenvalue weighted by Gasteiger charge is -2.37. The minimum Gasteiger partial charge on any atom is -0.352 e. The van der Waals surface area contributed by atoms with Gasteiger partial charge in [-0.2, -0.15) is 0 Å². The molecule has 6 heteroatoms. The van der Waals surface area contributed by atoms with Crippen LogP contribution in [0.1, 0.15) is 56.3 Å². The highest BCUT2D eigenvalue weighted by Gasteiger charge is 2.37. The van der Waals surface area contributed by atoms with Crippen molar-refractivity contribution in [3.05, 3.63) is 28.8 Å². The normalized spacial score (nSPS) is 22.2. The average Bonchev–Trinajstić information content (AvgIpc) is 3.08. The lowest BCUT2D eigenvalue weighted by atomic mass is 9.92. The van der Waals surface area contributed by atoms with Crippen LogP contribution >= 0.6 is 11.6 Å². The maximum absolute atomic E-state index is 12.7. The number of urea groups is 1. The lowest BCUT2D eigenvalue weighted by Crippen LogP contribution is -2.48. The van der Waals surface area contributed by atoms with Gasteiger partial charge in [0.1, 0.15) is 0 Å². The van der Waals surface area contributed by atoms with Crippen molar-refractivity contribution >= 4 is 29.2 Å². The Balaban J connectivity index is 1.64. The second kappa shape index (κ2) is 8.30. The fourth-order valence-corrected chi connectivity index (χ4v) is 4.34. The third kappa shape index (κ3) is 4.32. The average molecular weight is 378 g/mol. The van der Waals surface area contributed by atoms with Crippen molar-refractivity contribution in [2.45, 2.75) is 52.0 Å². The van der Waals surface area contributed by atoms with Crippen LogP contribution in [-0.4, -0.2) is 36.0 Å². The van der Waals surface area contributed by atoms with Crippen LogP contribution < -0.4 is 10.6 Å². The Bertz CT molecular complexity index is 677. The van der Waals surface area contributed by atoms with Crippen molar-refractivity contribution in [3.8, 4) is 0 Å². The first-order chi connectivity index (χ1) is 12.5. The molecule has 1 aromatic rings. The van der Waals surface area contributed by atoms with Crippen molar-refractivity contribution in [3.63, 3.8) is 0 Å². The van der Waals surface area contributed by atoms with Gasteiger partial charge < -0.3 is 15.5 Å². The summed E-state index contributed by atoms with van der Waals surface area (Å²) in [4.78, 5) is 26.9. The van der Waals surface area contributed by atoms with Crippen molar-refractivity contribution < 1.29 is 9.59 Å². The first-order valence-electron chi connectivity index (χ1n) is 9.61. The van der Waals surface area contributed by atoms with Crippen molar-refractivity contribution in [1.29, 1.82) is 0 Å². The Morgan fingerprint density at radius 1 is 1.23 bits per heavy atom. The van der Waals surface area contributed by atoms with Gasteiger partial charge >= 0.3 is 6.03 Å². The second-order valence-electron chi connectivity index (χ2n) is 7.82. The molecule has 0 aromatic heterocycles. The molecule has 0 unspecified atom stereocenters. The van der Waals surface area contributed by atoms with Gasteiger partial charge in [0.15, 0.2) is 0 Å². The standard InChI is InChI=1S/C20H28ClN3O2/c1-13(2)12-22-19(25)16-9-8-15(11-17(16)21)23-20(26)24-10-4-6-14-5-3-7-18(14)24/h8-9,11,13-14,18H,3-7,10,12H2,1-2H3,(H,22,25)(H,23,26)/t14-,18+/m1/s1. The Hall–Kier alpha value is -1.75. The quantitative estimate of drug-likeness (QED) is 0.810. The molecule has 2 N–H and O–H groups in total. The van der Waals surface area contributed by atoms with Gasteiger partial charge in [0, 0.05) is 24.8 Å². The monoisotopic (exact) mass is 377 g/mol. The number of nitrogens with one attached hydrogen (secondary N) is 2. The fourth-order valence-electron chi connectivity index (χ4n) is 4.07. The third-order valence-corrected chi connectivity index (χ3v) is 5.70. The number of nitrogens with zero attached hydrogens (tertiary/aromatic N) is 1. The molecule has 1 heterocycles. The van der Waals surface area contributed by atoms with E-state index in [0.29, 0.717) is 40.7 Å². The van der Waals surface area contributed by atoms with Crippen LogP contribution in [0.2, 0.25) is 5.02 Å². The van der Waals surface area contributed by atoms with Crippen LogP contribution in [0.25, 0.3) is 0 Å². The molecule has 1 aliphatic heterocycles. The van der Waals surface area contributed by atoms with E-state index in [2.05, 4.69) is 10.6 Å². The summed E-state index contributed by atoms with van der Waals surface area (Å²) in [6, 6.07) is 5.38. The van der Waals surface area contributed by atoms with Crippen molar-refractivity contribution in [2.24, 2.45) is 11.8 Å². The summed E-state index contributed by atoms with van der Waals surface area (Å²) < 4.78 is 0. The number of rotatable bonds is 4. The molecule has 1 aromatic carbocycles. The summed E-state index contributed by atoms with van der Waals surface area (Å²) in [7, 11) is 0. The Morgan fingerprint density at radius 3 is 2.73 bits per heavy atom. The van der Waals surface area contributed by atoms with E-state index in [1.807, 2.05) is 18.7 Å². The third-order valence-electron chi connectivity index (χ3n) is 5.39. The number of benzene rings is 1. The van der Waals surface area contributed by atoms with Crippen LogP contribution in [0, 0.1) is 11.8 Å². The number of halogens is 1. The first-order valence-corrected chi connectivity index (χ1v) is 9.99. The highest BCUT2D eigenvalue weighted by molar-refractivity contribution is 6.34. The van der Waals surface area contributed by atoms with E-state index in [-0.39, 0.29) is 11.9 Å². The van der Waals surface area contributed by atoms with Gasteiger partial charge in [-0.3, -0.25) is 4.79 Å². The number of hydrogen-bond acceptors (Lipinski definition) is 2. The molecule has 3 amide bonds. The minimum atomic E-state index is -0.189. The molecule has 1 aliphatic carbocycles. The van der Waals surface area contributed by atoms with Crippen LogP contribution in [-0.2, 0) is 0 Å². The van der Waals surface area contributed by atoms with E-state index in [9.17, 15) is 9.59 Å². The zero-order valence-corrected chi connectivity index (χ0v) is 16.3. The van der Waals surface area contributed by atoms with Gasteiger partial charge in [0.05, 0.1) is 10.6 Å². The number of hydrogen-bond donors (Lipinski definition) is 2. The zero-order chi connectivity index (χ0) is 18.7. The van der Waals surface area contributed by atoms with Crippen LogP contribution in [0.4, 0.5) is 10.5 Å². The summed E-state index contributed by atoms with van der Waals surface area (Å²) in [5.41, 5.74) is 1.06. The molecular weight excluding hydrogens is 350 g/mol. The van der Waals surface area contributed by atoms with E-state index < -0.39 is 0 Å². The van der Waals surface area contributed by atoms with Gasteiger partial charge in [-0.15, -0.1) is 0 Å². The molecule has 1 saturated carbocycles. The van der Waals surface area contributed by atoms with Crippen LogP contribution in [0.15, 0.2) is 18.2 Å². The van der Waals surface area contributed by atoms with Crippen molar-refractivity contribution in [1.82, 2.24) is 10.2 Å². The minimum absolute atomic E-state index is 0.0605. The van der Waals surface area contributed by atoms with E-state index in [1.165, 1.54) is 19.3 Å². The smallest absolute Gasteiger partial charge is 0.322 e. The molecular formula is C20H28ClN3O2. The molecule has 3 rings (SSSR count). The van der Waals surface area contributed by atoms with E-state index in [0.717, 1.165) is 19.4 Å². The maximum atomic E-state index is 12.7. The molecule has 0 bridgehead atoms. The molecule has 142 valence electrons. The summed E-state index contributed by atoms with van der Waals surface area (Å²) in [5, 5.41) is 6.16. The van der Waals surface area contributed by atoms with E-state index in [1.54, 1.807) is 18.2 Å². The summed E-state index contributed by atoms with van der Waals surface area (Å²) in [6.45, 7) is 5.49. The first kappa shape index (κ1) is 19.0. The van der Waals surface area contributed by atoms with Gasteiger partial charge in [-0.1, -0.05) is 31.9 Å². The number of carbonyl (C=O) groups is 2. The Morgan fingerprint density at radius 2 is 2.00 bits per heavy atom. The fraction of sp³-hybridized carbons (Fsp3) is 0.600. The lowest BCUT2D eigenvalue weighted by molar-refractivity contribution is 0.0949. The van der Waals surface area contributed by atoms with E-state index >= 15 is 0 Å². The largest absolute Gasteiger partial charge is 0.352 e. The molecule has 1 saturated heterocycles. The summed E-state index contributed by atoms with van der Waals surface area (Å²) in [6.07, 6.45) is 5.87. The molecule has 26 heavy (non-hydrogen) atoms. The Labute approximate surface area is 160 Å². The van der Waals surface area contributed by atoms with Crippen LogP contribution in [0.5, 0.6) is 0 Å². The molecule has 0 radical (unpaired) electrons. The molecule has 2 aliphatic rings. The maximum Gasteiger partial charge on any atom is 0.322 e. The van der Waals surface area contributed by atoms with Gasteiger partial charge in [-0.05, 0) is 55.7 Å². The topological polar surface area (TPSA) is 61.4 Å². The van der Waals surface area contributed by atoms with Gasteiger partial charge in [-0.25, -0.2) is 4.79 Å². The SMILES string of the molecule is CC(C)CNC(=O)c1ccc(NC(=O)N2CCC[C@H]3CCC[C@@H]32)cc1Cl. The number of anilines is 1. The summed E-state index contributed by atoms with van der Waals surface area (Å²) >= 11 is 6.27. The van der Waals surface area contributed by atoms with Gasteiger partial charge in [0.2, 0.25) is 0 Å². The number of fused-ring (bicyclic) bond motifs is 1. The summed E-state index contributed by atoms with van der Waals surface area (Å²) in [5.74, 6) is 0.844. The Kier molecular flexibility index (Phi) is 6.07. The number of likely N-dealkylation sites (tertiary alicyclic amines) is 1.